The third kappa shape index (κ3) is 4.57. The number of aromatic amines is 1. The molecule has 152 valence electrons. The molecule has 0 aliphatic carbocycles. The molecule has 3 N–H and O–H groups in total. The Balaban J connectivity index is 2.06. The fraction of sp³-hybridized carbons (Fsp3) is 0.111. The van der Waals surface area contributed by atoms with E-state index in [0.717, 1.165) is 0 Å². The number of carbonyl (C=O) groups is 1. The minimum absolute atomic E-state index is 0.0611. The molecule has 1 heterocycles. The minimum Gasteiger partial charge on any atom is -0.326 e. The van der Waals surface area contributed by atoms with Crippen molar-refractivity contribution in [3.8, 4) is 11.1 Å². The highest BCUT2D eigenvalue weighted by Gasteiger charge is 2.38. The van der Waals surface area contributed by atoms with Crippen molar-refractivity contribution in [1.29, 1.82) is 0 Å². The standard InChI is InChI=1S/C18H15F3N4O3S/c1-11(26)22-13-9-7-12(8-10-13)15-16(18(19,20)21)23-24-17(15)25-29(27,28)14-5-3-2-4-6-14/h2-10H,1H3,(H,22,26)(H2,23,24,25). The Hall–Kier alpha value is -3.34. The van der Waals surface area contributed by atoms with E-state index >= 15 is 0 Å². The lowest BCUT2D eigenvalue weighted by Gasteiger charge is -2.11. The zero-order valence-corrected chi connectivity index (χ0v) is 15.7. The van der Waals surface area contributed by atoms with Gasteiger partial charge >= 0.3 is 6.18 Å². The third-order valence-electron chi connectivity index (χ3n) is 3.83. The quantitative estimate of drug-likeness (QED) is 0.579. The van der Waals surface area contributed by atoms with Crippen LogP contribution in [0.3, 0.4) is 0 Å². The van der Waals surface area contributed by atoms with Gasteiger partial charge in [-0.15, -0.1) is 0 Å². The second-order valence-electron chi connectivity index (χ2n) is 6.00. The van der Waals surface area contributed by atoms with Gasteiger partial charge in [0, 0.05) is 12.6 Å². The van der Waals surface area contributed by atoms with Crippen LogP contribution in [0.5, 0.6) is 0 Å². The number of nitrogens with one attached hydrogen (secondary N) is 3. The zero-order chi connectivity index (χ0) is 21.2. The van der Waals surface area contributed by atoms with E-state index in [1.807, 2.05) is 5.10 Å². The SMILES string of the molecule is CC(=O)Nc1ccc(-c2c(NS(=O)(=O)c3ccccc3)n[nH]c2C(F)(F)F)cc1. The number of amides is 1. The van der Waals surface area contributed by atoms with Crippen LogP contribution < -0.4 is 10.0 Å². The van der Waals surface area contributed by atoms with Gasteiger partial charge < -0.3 is 5.32 Å². The van der Waals surface area contributed by atoms with Crippen LogP contribution >= 0.6 is 0 Å². The topological polar surface area (TPSA) is 104 Å². The molecule has 0 bridgehead atoms. The van der Waals surface area contributed by atoms with Crippen LogP contribution in [0.25, 0.3) is 11.1 Å². The summed E-state index contributed by atoms with van der Waals surface area (Å²) in [4.78, 5) is 11.0. The smallest absolute Gasteiger partial charge is 0.326 e. The van der Waals surface area contributed by atoms with Gasteiger partial charge in [0.2, 0.25) is 5.91 Å². The van der Waals surface area contributed by atoms with Gasteiger partial charge in [-0.2, -0.15) is 18.3 Å². The molecule has 0 aliphatic rings. The summed E-state index contributed by atoms with van der Waals surface area (Å²) in [6, 6.07) is 12.7. The van der Waals surface area contributed by atoms with Crippen LogP contribution in [-0.4, -0.2) is 24.5 Å². The lowest BCUT2D eigenvalue weighted by Crippen LogP contribution is -2.14. The number of alkyl halides is 3. The summed E-state index contributed by atoms with van der Waals surface area (Å²) in [5.41, 5.74) is -1.21. The first-order chi connectivity index (χ1) is 13.6. The van der Waals surface area contributed by atoms with Gasteiger partial charge in [-0.3, -0.25) is 14.6 Å². The highest BCUT2D eigenvalue weighted by molar-refractivity contribution is 7.92. The molecule has 0 saturated heterocycles. The molecule has 11 heteroatoms. The molecule has 0 fully saturated rings. The molecule has 0 unspecified atom stereocenters. The Kier molecular flexibility index (Phi) is 5.33. The van der Waals surface area contributed by atoms with Crippen molar-refractivity contribution >= 4 is 27.4 Å². The summed E-state index contributed by atoms with van der Waals surface area (Å²) in [7, 11) is -4.16. The first-order valence-corrected chi connectivity index (χ1v) is 9.68. The fourth-order valence-corrected chi connectivity index (χ4v) is 3.65. The molecule has 0 aliphatic heterocycles. The first kappa shape index (κ1) is 20.4. The number of hydrogen-bond acceptors (Lipinski definition) is 4. The number of rotatable bonds is 5. The maximum Gasteiger partial charge on any atom is 0.433 e. The van der Waals surface area contributed by atoms with E-state index in [1.165, 1.54) is 55.5 Å². The number of sulfonamides is 1. The number of carbonyl (C=O) groups excluding carboxylic acids is 1. The first-order valence-electron chi connectivity index (χ1n) is 8.19. The monoisotopic (exact) mass is 424 g/mol. The van der Waals surface area contributed by atoms with Gasteiger partial charge in [0.25, 0.3) is 10.0 Å². The fourth-order valence-electron chi connectivity index (χ4n) is 2.61. The van der Waals surface area contributed by atoms with E-state index in [1.54, 1.807) is 6.07 Å². The summed E-state index contributed by atoms with van der Waals surface area (Å²) in [6.45, 7) is 1.29. The molecular weight excluding hydrogens is 409 g/mol. The number of hydrogen-bond donors (Lipinski definition) is 3. The van der Waals surface area contributed by atoms with E-state index in [9.17, 15) is 26.4 Å². The Morgan fingerprint density at radius 2 is 1.66 bits per heavy atom. The number of anilines is 2. The summed E-state index contributed by atoms with van der Waals surface area (Å²) in [5.74, 6) is -0.832. The largest absolute Gasteiger partial charge is 0.433 e. The Morgan fingerprint density at radius 1 is 1.03 bits per heavy atom. The van der Waals surface area contributed by atoms with E-state index in [2.05, 4.69) is 15.1 Å². The summed E-state index contributed by atoms with van der Waals surface area (Å²) in [5, 5.41) is 7.90. The summed E-state index contributed by atoms with van der Waals surface area (Å²) < 4.78 is 67.5. The van der Waals surface area contributed by atoms with Gasteiger partial charge in [0.15, 0.2) is 5.82 Å². The van der Waals surface area contributed by atoms with Gasteiger partial charge in [-0.1, -0.05) is 30.3 Å². The molecule has 1 aromatic heterocycles. The lowest BCUT2D eigenvalue weighted by molar-refractivity contribution is -0.140. The molecule has 0 atom stereocenters. The van der Waals surface area contributed by atoms with Crippen molar-refractivity contribution in [2.45, 2.75) is 18.0 Å². The predicted molar refractivity (Wildman–Crippen MR) is 101 cm³/mol. The van der Waals surface area contributed by atoms with Crippen LogP contribution in [0.15, 0.2) is 59.5 Å². The van der Waals surface area contributed by atoms with Crippen LogP contribution in [0.4, 0.5) is 24.7 Å². The summed E-state index contributed by atoms with van der Waals surface area (Å²) >= 11 is 0. The number of benzene rings is 2. The van der Waals surface area contributed by atoms with Crippen molar-refractivity contribution in [2.24, 2.45) is 0 Å². The van der Waals surface area contributed by atoms with Crippen molar-refractivity contribution in [2.75, 3.05) is 10.0 Å². The molecule has 0 radical (unpaired) electrons. The normalized spacial score (nSPS) is 11.9. The average Bonchev–Trinajstić information content (AvgIpc) is 3.06. The van der Waals surface area contributed by atoms with Gasteiger partial charge in [-0.05, 0) is 29.8 Å². The highest BCUT2D eigenvalue weighted by atomic mass is 32.2. The van der Waals surface area contributed by atoms with Crippen LogP contribution in [0, 0.1) is 0 Å². The number of halogens is 3. The zero-order valence-electron chi connectivity index (χ0n) is 14.9. The molecule has 1 amide bonds. The summed E-state index contributed by atoms with van der Waals surface area (Å²) in [6.07, 6.45) is -4.80. The molecule has 29 heavy (non-hydrogen) atoms. The predicted octanol–water partition coefficient (Wildman–Crippen LogP) is 3.85. The molecule has 7 nitrogen and oxygen atoms in total. The van der Waals surface area contributed by atoms with Crippen LogP contribution in [-0.2, 0) is 21.0 Å². The average molecular weight is 424 g/mol. The molecule has 0 saturated carbocycles. The van der Waals surface area contributed by atoms with Crippen molar-refractivity contribution in [3.63, 3.8) is 0 Å². The van der Waals surface area contributed by atoms with E-state index in [4.69, 9.17) is 0 Å². The molecular formula is C18H15F3N4O3S. The van der Waals surface area contributed by atoms with Crippen molar-refractivity contribution in [1.82, 2.24) is 10.2 Å². The molecule has 0 spiro atoms. The molecule has 3 aromatic rings. The highest BCUT2D eigenvalue weighted by Crippen LogP contribution is 2.40. The number of H-pyrrole nitrogens is 1. The van der Waals surface area contributed by atoms with Gasteiger partial charge in [-0.25, -0.2) is 8.42 Å². The minimum atomic E-state index is -4.80. The Labute approximate surface area is 164 Å². The Bertz CT molecular complexity index is 1130. The second-order valence-corrected chi connectivity index (χ2v) is 7.68. The van der Waals surface area contributed by atoms with Gasteiger partial charge in [0.05, 0.1) is 10.5 Å². The van der Waals surface area contributed by atoms with Crippen molar-refractivity contribution in [3.05, 3.63) is 60.3 Å². The van der Waals surface area contributed by atoms with Gasteiger partial charge in [0.1, 0.15) is 5.69 Å². The maximum absolute atomic E-state index is 13.4. The number of aromatic nitrogens is 2. The second kappa shape index (κ2) is 7.59. The van der Waals surface area contributed by atoms with Crippen LogP contribution in [0.2, 0.25) is 0 Å². The molecule has 3 rings (SSSR count). The van der Waals surface area contributed by atoms with Crippen LogP contribution in [0.1, 0.15) is 12.6 Å². The lowest BCUT2D eigenvalue weighted by atomic mass is 10.0. The van der Waals surface area contributed by atoms with E-state index in [0.29, 0.717) is 5.69 Å². The Morgan fingerprint density at radius 3 is 2.21 bits per heavy atom. The number of nitrogens with zero attached hydrogens (tertiary/aromatic N) is 1. The third-order valence-corrected chi connectivity index (χ3v) is 5.18. The van der Waals surface area contributed by atoms with E-state index in [-0.39, 0.29) is 16.4 Å². The van der Waals surface area contributed by atoms with E-state index < -0.39 is 33.3 Å². The maximum atomic E-state index is 13.4. The van der Waals surface area contributed by atoms with Crippen molar-refractivity contribution < 1.29 is 26.4 Å². The molecule has 2 aromatic carbocycles.